The molecular formula is C28H31BrFN3O4S. The van der Waals surface area contributed by atoms with Gasteiger partial charge in [-0.25, -0.2) is 12.8 Å². The smallest absolute Gasteiger partial charge is 0.244 e. The normalized spacial score (nSPS) is 12.0. The van der Waals surface area contributed by atoms with Crippen molar-refractivity contribution >= 4 is 43.5 Å². The highest BCUT2D eigenvalue weighted by Crippen LogP contribution is 2.25. The average Bonchev–Trinajstić information content (AvgIpc) is 2.87. The summed E-state index contributed by atoms with van der Waals surface area (Å²) in [4.78, 5) is 28.4. The molecule has 3 rings (SSSR count). The van der Waals surface area contributed by atoms with Gasteiger partial charge in [0.1, 0.15) is 18.4 Å². The van der Waals surface area contributed by atoms with Gasteiger partial charge >= 0.3 is 0 Å². The molecule has 0 spiro atoms. The second kappa shape index (κ2) is 13.0. The first-order chi connectivity index (χ1) is 18.0. The maximum atomic E-state index is 14.7. The minimum absolute atomic E-state index is 0.170. The summed E-state index contributed by atoms with van der Waals surface area (Å²) in [5, 5.41) is 2.77. The number of hydrogen-bond donors (Lipinski definition) is 1. The molecule has 10 heteroatoms. The molecule has 0 heterocycles. The van der Waals surface area contributed by atoms with Crippen LogP contribution < -0.4 is 9.62 Å². The highest BCUT2D eigenvalue weighted by atomic mass is 79.9. The molecule has 0 aromatic heterocycles. The molecule has 1 atom stereocenters. The minimum Gasteiger partial charge on any atom is -0.355 e. The summed E-state index contributed by atoms with van der Waals surface area (Å²) < 4.78 is 42.1. The number of anilines is 1. The Bertz CT molecular complexity index is 1390. The zero-order valence-electron chi connectivity index (χ0n) is 21.5. The molecule has 1 unspecified atom stereocenters. The summed E-state index contributed by atoms with van der Waals surface area (Å²) >= 11 is 3.40. The predicted molar refractivity (Wildman–Crippen MR) is 151 cm³/mol. The molecule has 0 bridgehead atoms. The molecule has 2 amide bonds. The highest BCUT2D eigenvalue weighted by molar-refractivity contribution is 9.10. The number of benzene rings is 3. The summed E-state index contributed by atoms with van der Waals surface area (Å²) in [5.74, 6) is -1.57. The Labute approximate surface area is 231 Å². The lowest BCUT2D eigenvalue weighted by Crippen LogP contribution is -2.53. The van der Waals surface area contributed by atoms with Gasteiger partial charge in [-0.05, 0) is 49.2 Å². The van der Waals surface area contributed by atoms with E-state index in [9.17, 15) is 22.4 Å². The third-order valence-corrected chi connectivity index (χ3v) is 8.06. The molecule has 0 radical (unpaired) electrons. The number of rotatable bonds is 11. The predicted octanol–water partition coefficient (Wildman–Crippen LogP) is 4.44. The number of sulfonamides is 1. The Morgan fingerprint density at radius 2 is 1.68 bits per heavy atom. The lowest BCUT2D eigenvalue weighted by atomic mass is 10.0. The minimum atomic E-state index is -3.88. The Morgan fingerprint density at radius 1 is 1.03 bits per heavy atom. The van der Waals surface area contributed by atoms with E-state index in [4.69, 9.17) is 0 Å². The van der Waals surface area contributed by atoms with Crippen LogP contribution in [0.2, 0.25) is 0 Å². The lowest BCUT2D eigenvalue weighted by Gasteiger charge is -2.33. The monoisotopic (exact) mass is 603 g/mol. The number of nitrogens with zero attached hydrogens (tertiary/aromatic N) is 2. The van der Waals surface area contributed by atoms with Crippen LogP contribution in [0.3, 0.4) is 0 Å². The molecule has 0 aliphatic rings. The van der Waals surface area contributed by atoms with Gasteiger partial charge in [-0.1, -0.05) is 64.5 Å². The Kier molecular flexibility index (Phi) is 10.0. The highest BCUT2D eigenvalue weighted by Gasteiger charge is 2.33. The SMILES string of the molecule is CCNC(=O)C(Cc1ccccc1)N(Cc1ccccc1F)C(=O)CN(c1ccc(Br)c(C)c1)S(C)(=O)=O. The van der Waals surface area contributed by atoms with E-state index in [0.29, 0.717) is 12.2 Å². The summed E-state index contributed by atoms with van der Waals surface area (Å²) in [7, 11) is -3.88. The molecule has 0 aliphatic heterocycles. The average molecular weight is 605 g/mol. The topological polar surface area (TPSA) is 86.8 Å². The van der Waals surface area contributed by atoms with Crippen molar-refractivity contribution in [3.63, 3.8) is 0 Å². The number of amides is 2. The summed E-state index contributed by atoms with van der Waals surface area (Å²) in [5.41, 5.74) is 2.12. The zero-order chi connectivity index (χ0) is 27.9. The van der Waals surface area contributed by atoms with Crippen LogP contribution in [-0.2, 0) is 32.6 Å². The maximum Gasteiger partial charge on any atom is 0.244 e. The van der Waals surface area contributed by atoms with Crippen molar-refractivity contribution in [1.29, 1.82) is 0 Å². The van der Waals surface area contributed by atoms with Crippen molar-refractivity contribution in [3.05, 3.63) is 99.8 Å². The van der Waals surface area contributed by atoms with Gasteiger partial charge in [0.25, 0.3) is 0 Å². The number of aryl methyl sites for hydroxylation is 1. The van der Waals surface area contributed by atoms with Crippen LogP contribution in [0, 0.1) is 12.7 Å². The fourth-order valence-electron chi connectivity index (χ4n) is 4.05. The molecular weight excluding hydrogens is 573 g/mol. The van der Waals surface area contributed by atoms with E-state index in [1.54, 1.807) is 37.3 Å². The third-order valence-electron chi connectivity index (χ3n) is 6.03. The second-order valence-corrected chi connectivity index (χ2v) is 11.7. The summed E-state index contributed by atoms with van der Waals surface area (Å²) in [6.45, 7) is 3.14. The van der Waals surface area contributed by atoms with E-state index < -0.39 is 40.2 Å². The first-order valence-corrected chi connectivity index (χ1v) is 14.7. The van der Waals surface area contributed by atoms with E-state index in [1.165, 1.54) is 17.0 Å². The van der Waals surface area contributed by atoms with Crippen LogP contribution in [0.25, 0.3) is 0 Å². The van der Waals surface area contributed by atoms with Crippen LogP contribution in [0.4, 0.5) is 10.1 Å². The molecule has 3 aromatic carbocycles. The Morgan fingerprint density at radius 3 is 2.29 bits per heavy atom. The van der Waals surface area contributed by atoms with E-state index in [0.717, 1.165) is 26.2 Å². The van der Waals surface area contributed by atoms with Gasteiger partial charge in [0.15, 0.2) is 0 Å². The van der Waals surface area contributed by atoms with Gasteiger partial charge in [0, 0.05) is 29.5 Å². The van der Waals surface area contributed by atoms with Crippen LogP contribution in [0.15, 0.2) is 77.3 Å². The van der Waals surface area contributed by atoms with Crippen molar-refractivity contribution in [2.45, 2.75) is 32.9 Å². The summed E-state index contributed by atoms with van der Waals surface area (Å²) in [6, 6.07) is 19.1. The van der Waals surface area contributed by atoms with Crippen LogP contribution >= 0.6 is 15.9 Å². The number of halogens is 2. The number of carbonyl (C=O) groups excluding carboxylic acids is 2. The van der Waals surface area contributed by atoms with Crippen molar-refractivity contribution in [2.75, 3.05) is 23.7 Å². The number of likely N-dealkylation sites (N-methyl/N-ethyl adjacent to an activating group) is 1. The number of hydrogen-bond acceptors (Lipinski definition) is 4. The molecule has 0 saturated carbocycles. The van der Waals surface area contributed by atoms with Crippen molar-refractivity contribution in [2.24, 2.45) is 0 Å². The number of nitrogens with one attached hydrogen (secondary N) is 1. The molecule has 1 N–H and O–H groups in total. The van der Waals surface area contributed by atoms with E-state index in [1.807, 2.05) is 37.3 Å². The van der Waals surface area contributed by atoms with E-state index >= 15 is 0 Å². The molecule has 7 nitrogen and oxygen atoms in total. The largest absolute Gasteiger partial charge is 0.355 e. The fraction of sp³-hybridized carbons (Fsp3) is 0.286. The quantitative estimate of drug-likeness (QED) is 0.351. The first kappa shape index (κ1) is 29.3. The molecule has 38 heavy (non-hydrogen) atoms. The van der Waals surface area contributed by atoms with Gasteiger partial charge in [0.05, 0.1) is 11.9 Å². The molecule has 0 aliphatic carbocycles. The Hall–Kier alpha value is -3.24. The lowest BCUT2D eigenvalue weighted by molar-refractivity contribution is -0.140. The Balaban J connectivity index is 2.06. The van der Waals surface area contributed by atoms with E-state index in [-0.39, 0.29) is 18.5 Å². The van der Waals surface area contributed by atoms with Gasteiger partial charge in [-0.2, -0.15) is 0 Å². The third kappa shape index (κ3) is 7.64. The maximum absolute atomic E-state index is 14.7. The second-order valence-electron chi connectivity index (χ2n) is 8.92. The van der Waals surface area contributed by atoms with Gasteiger partial charge in [-0.15, -0.1) is 0 Å². The molecule has 0 saturated heterocycles. The fourth-order valence-corrected chi connectivity index (χ4v) is 5.14. The summed E-state index contributed by atoms with van der Waals surface area (Å²) in [6.07, 6.45) is 1.19. The van der Waals surface area contributed by atoms with Crippen molar-refractivity contribution in [3.8, 4) is 0 Å². The van der Waals surface area contributed by atoms with Gasteiger partial charge in [-0.3, -0.25) is 13.9 Å². The van der Waals surface area contributed by atoms with Crippen molar-refractivity contribution in [1.82, 2.24) is 10.2 Å². The zero-order valence-corrected chi connectivity index (χ0v) is 23.9. The molecule has 0 fully saturated rings. The van der Waals surface area contributed by atoms with E-state index in [2.05, 4.69) is 21.2 Å². The standard InChI is InChI=1S/C28H31BrFN3O4S/c1-4-31-28(35)26(17-21-10-6-5-7-11-21)32(18-22-12-8-9-13-25(22)30)27(34)19-33(38(3,36)37)23-14-15-24(29)20(2)16-23/h5-16,26H,4,17-19H2,1-3H3,(H,31,35). The van der Waals surface area contributed by atoms with Gasteiger partial charge < -0.3 is 10.2 Å². The van der Waals surface area contributed by atoms with Crippen LogP contribution in [0.1, 0.15) is 23.6 Å². The van der Waals surface area contributed by atoms with Crippen LogP contribution in [-0.4, -0.2) is 50.5 Å². The number of carbonyl (C=O) groups is 2. The van der Waals surface area contributed by atoms with Crippen molar-refractivity contribution < 1.29 is 22.4 Å². The first-order valence-electron chi connectivity index (χ1n) is 12.1. The molecule has 3 aromatic rings. The van der Waals surface area contributed by atoms with Gasteiger partial charge in [0.2, 0.25) is 21.8 Å². The van der Waals surface area contributed by atoms with Crippen LogP contribution in [0.5, 0.6) is 0 Å². The molecule has 202 valence electrons.